The number of carbonyl (C=O) groups excluding carboxylic acids is 2. The van der Waals surface area contributed by atoms with Gasteiger partial charge >= 0.3 is 6.03 Å². The van der Waals surface area contributed by atoms with Gasteiger partial charge in [0.15, 0.2) is 0 Å². The highest BCUT2D eigenvalue weighted by Crippen LogP contribution is 2.19. The minimum atomic E-state index is -0.513. The topological polar surface area (TPSA) is 102 Å². The van der Waals surface area contributed by atoms with E-state index in [1.165, 1.54) is 16.4 Å². The number of aromatic nitrogens is 4. The third-order valence-corrected chi connectivity index (χ3v) is 3.08. The van der Waals surface area contributed by atoms with Crippen LogP contribution < -0.4 is 10.6 Å². The average molecular weight is 286 g/mol. The lowest BCUT2D eigenvalue weighted by molar-refractivity contribution is -0.119. The maximum absolute atomic E-state index is 11.8. The van der Waals surface area contributed by atoms with Crippen LogP contribution in [0.1, 0.15) is 27.7 Å². The van der Waals surface area contributed by atoms with Gasteiger partial charge in [0, 0.05) is 12.6 Å². The van der Waals surface area contributed by atoms with Crippen LogP contribution in [-0.2, 0) is 11.8 Å². The Bertz CT molecular complexity index is 467. The quantitative estimate of drug-likeness (QED) is 0.776. The lowest BCUT2D eigenvalue weighted by atomic mass is 10.1. The molecular formula is C10H18N6O2S. The molecule has 0 bridgehead atoms. The summed E-state index contributed by atoms with van der Waals surface area (Å²) in [6.45, 7) is 7.18. The van der Waals surface area contributed by atoms with Gasteiger partial charge in [-0.05, 0) is 38.1 Å². The Hall–Kier alpha value is -1.64. The zero-order valence-electron chi connectivity index (χ0n) is 11.6. The highest BCUT2D eigenvalue weighted by Gasteiger charge is 2.21. The van der Waals surface area contributed by atoms with Gasteiger partial charge in [-0.25, -0.2) is 9.48 Å². The highest BCUT2D eigenvalue weighted by atomic mass is 32.2. The molecule has 1 heterocycles. The van der Waals surface area contributed by atoms with E-state index in [0.29, 0.717) is 5.16 Å². The van der Waals surface area contributed by atoms with E-state index in [9.17, 15) is 9.59 Å². The number of imide groups is 1. The molecule has 0 aromatic carbocycles. The molecule has 9 heteroatoms. The first kappa shape index (κ1) is 15.4. The number of rotatable bonds is 3. The molecule has 0 spiro atoms. The minimum absolute atomic E-state index is 0.394. The minimum Gasteiger partial charge on any atom is -0.333 e. The first-order valence-electron chi connectivity index (χ1n) is 5.71. The number of thioether (sulfide) groups is 1. The molecule has 0 fully saturated rings. The van der Waals surface area contributed by atoms with Crippen LogP contribution in [0.2, 0.25) is 0 Å². The molecule has 2 N–H and O–H groups in total. The molecule has 0 aliphatic rings. The lowest BCUT2D eigenvalue weighted by Crippen LogP contribution is -2.49. The summed E-state index contributed by atoms with van der Waals surface area (Å²) < 4.78 is 1.46. The van der Waals surface area contributed by atoms with Crippen molar-refractivity contribution in [3.63, 3.8) is 0 Å². The van der Waals surface area contributed by atoms with Crippen molar-refractivity contribution >= 4 is 23.7 Å². The molecule has 1 rings (SSSR count). The number of hydrogen-bond acceptors (Lipinski definition) is 6. The predicted molar refractivity (Wildman–Crippen MR) is 70.5 cm³/mol. The van der Waals surface area contributed by atoms with Gasteiger partial charge in [0.1, 0.15) is 0 Å². The predicted octanol–water partition coefficient (Wildman–Crippen LogP) is 0.315. The summed E-state index contributed by atoms with van der Waals surface area (Å²) >= 11 is 1.18. The molecule has 1 atom stereocenters. The van der Waals surface area contributed by atoms with Gasteiger partial charge in [-0.15, -0.1) is 5.10 Å². The summed E-state index contributed by atoms with van der Waals surface area (Å²) in [5.74, 6) is -0.394. The number of nitrogens with one attached hydrogen (secondary N) is 2. The molecule has 1 unspecified atom stereocenters. The molecule has 0 aliphatic heterocycles. The average Bonchev–Trinajstić information content (AvgIpc) is 2.61. The van der Waals surface area contributed by atoms with E-state index >= 15 is 0 Å². The first-order chi connectivity index (χ1) is 8.69. The normalized spacial score (nSPS) is 12.9. The van der Waals surface area contributed by atoms with Gasteiger partial charge in [0.2, 0.25) is 11.1 Å². The van der Waals surface area contributed by atoms with Crippen LogP contribution in [0.25, 0.3) is 0 Å². The van der Waals surface area contributed by atoms with Crippen molar-refractivity contribution in [2.45, 2.75) is 43.6 Å². The maximum atomic E-state index is 11.8. The van der Waals surface area contributed by atoms with Crippen molar-refractivity contribution in [1.82, 2.24) is 30.8 Å². The summed E-state index contributed by atoms with van der Waals surface area (Å²) in [5.41, 5.74) is -0.395. The van der Waals surface area contributed by atoms with Gasteiger partial charge in [0.25, 0.3) is 0 Å². The Morgan fingerprint density at radius 3 is 2.47 bits per heavy atom. The number of amides is 3. The SMILES string of the molecule is CC(Sc1nnnn1C)C(=O)NC(=O)NC(C)(C)C. The van der Waals surface area contributed by atoms with E-state index in [2.05, 4.69) is 26.2 Å². The molecule has 1 aromatic rings. The summed E-state index contributed by atoms with van der Waals surface area (Å²) in [5, 5.41) is 15.9. The van der Waals surface area contributed by atoms with Crippen molar-refractivity contribution in [2.24, 2.45) is 7.05 Å². The van der Waals surface area contributed by atoms with E-state index < -0.39 is 22.7 Å². The zero-order valence-corrected chi connectivity index (χ0v) is 12.4. The van der Waals surface area contributed by atoms with E-state index in [1.54, 1.807) is 14.0 Å². The van der Waals surface area contributed by atoms with Crippen molar-refractivity contribution in [2.75, 3.05) is 0 Å². The smallest absolute Gasteiger partial charge is 0.321 e. The Labute approximate surface area is 115 Å². The van der Waals surface area contributed by atoms with Crippen LogP contribution in [-0.4, -0.2) is 42.9 Å². The Morgan fingerprint density at radius 2 is 2.00 bits per heavy atom. The van der Waals surface area contributed by atoms with Gasteiger partial charge in [-0.1, -0.05) is 11.8 Å². The molecule has 0 saturated heterocycles. The van der Waals surface area contributed by atoms with Crippen LogP contribution in [0.4, 0.5) is 4.79 Å². The number of nitrogens with zero attached hydrogens (tertiary/aromatic N) is 4. The summed E-state index contributed by atoms with van der Waals surface area (Å²) in [6, 6.07) is -0.513. The molecular weight excluding hydrogens is 268 g/mol. The Balaban J connectivity index is 2.50. The van der Waals surface area contributed by atoms with E-state index in [4.69, 9.17) is 0 Å². The second kappa shape index (κ2) is 6.00. The largest absolute Gasteiger partial charge is 0.333 e. The van der Waals surface area contributed by atoms with Crippen molar-refractivity contribution < 1.29 is 9.59 Å². The van der Waals surface area contributed by atoms with Crippen molar-refractivity contribution in [3.8, 4) is 0 Å². The second-order valence-electron chi connectivity index (χ2n) is 5.04. The Morgan fingerprint density at radius 1 is 1.37 bits per heavy atom. The van der Waals surface area contributed by atoms with Gasteiger partial charge < -0.3 is 5.32 Å². The zero-order chi connectivity index (χ0) is 14.6. The summed E-state index contributed by atoms with van der Waals surface area (Å²) in [4.78, 5) is 23.4. The third kappa shape index (κ3) is 5.25. The number of carbonyl (C=O) groups is 2. The fraction of sp³-hybridized carbons (Fsp3) is 0.700. The standard InChI is InChI=1S/C10H18N6O2S/c1-6(19-9-13-14-15-16(9)5)7(17)11-8(18)12-10(2,3)4/h6H,1-5H3,(H2,11,12,17,18). The second-order valence-corrected chi connectivity index (χ2v) is 6.35. The number of urea groups is 1. The molecule has 1 aromatic heterocycles. The molecule has 0 aliphatic carbocycles. The molecule has 19 heavy (non-hydrogen) atoms. The molecule has 8 nitrogen and oxygen atoms in total. The first-order valence-corrected chi connectivity index (χ1v) is 6.59. The third-order valence-electron chi connectivity index (χ3n) is 1.96. The molecule has 0 saturated carbocycles. The summed E-state index contributed by atoms with van der Waals surface area (Å²) in [7, 11) is 1.68. The number of tetrazole rings is 1. The van der Waals surface area contributed by atoms with Gasteiger partial charge in [-0.3, -0.25) is 10.1 Å². The highest BCUT2D eigenvalue weighted by molar-refractivity contribution is 8.00. The molecule has 106 valence electrons. The van der Waals surface area contributed by atoms with E-state index in [0.717, 1.165) is 0 Å². The van der Waals surface area contributed by atoms with Crippen LogP contribution in [0.5, 0.6) is 0 Å². The lowest BCUT2D eigenvalue weighted by Gasteiger charge is -2.21. The molecule has 3 amide bonds. The van der Waals surface area contributed by atoms with Crippen molar-refractivity contribution in [1.29, 1.82) is 0 Å². The van der Waals surface area contributed by atoms with Crippen LogP contribution >= 0.6 is 11.8 Å². The monoisotopic (exact) mass is 286 g/mol. The van der Waals surface area contributed by atoms with Crippen LogP contribution in [0.3, 0.4) is 0 Å². The van der Waals surface area contributed by atoms with Crippen LogP contribution in [0.15, 0.2) is 5.16 Å². The van der Waals surface area contributed by atoms with E-state index in [1.807, 2.05) is 20.8 Å². The Kier molecular flexibility index (Phi) is 4.87. The van der Waals surface area contributed by atoms with Crippen LogP contribution in [0, 0.1) is 0 Å². The van der Waals surface area contributed by atoms with E-state index in [-0.39, 0.29) is 0 Å². The maximum Gasteiger partial charge on any atom is 0.321 e. The number of hydrogen-bond donors (Lipinski definition) is 2. The fourth-order valence-corrected chi connectivity index (χ4v) is 1.87. The molecule has 0 radical (unpaired) electrons. The summed E-state index contributed by atoms with van der Waals surface area (Å²) in [6.07, 6.45) is 0. The van der Waals surface area contributed by atoms with Crippen molar-refractivity contribution in [3.05, 3.63) is 0 Å². The van der Waals surface area contributed by atoms with Gasteiger partial charge in [-0.2, -0.15) is 0 Å². The van der Waals surface area contributed by atoms with Gasteiger partial charge in [0.05, 0.1) is 5.25 Å². The number of aryl methyl sites for hydroxylation is 1. The fourth-order valence-electron chi connectivity index (χ4n) is 1.12.